The van der Waals surface area contributed by atoms with Crippen LogP contribution in [0.25, 0.3) is 10.9 Å². The number of benzene rings is 1. The van der Waals surface area contributed by atoms with Crippen molar-refractivity contribution in [3.8, 4) is 5.75 Å². The number of carboxylic acid groups (broad SMARTS) is 1. The van der Waals surface area contributed by atoms with E-state index in [0.717, 1.165) is 84.7 Å². The van der Waals surface area contributed by atoms with Crippen molar-refractivity contribution < 1.29 is 14.6 Å². The molecule has 5 rings (SSSR count). The third-order valence-corrected chi connectivity index (χ3v) is 7.93. The van der Waals surface area contributed by atoms with Gasteiger partial charge in [0, 0.05) is 55.2 Å². The number of anilines is 2. The Morgan fingerprint density at radius 1 is 1.14 bits per heavy atom. The lowest BCUT2D eigenvalue weighted by Gasteiger charge is -2.25. The largest absolute Gasteiger partial charge is 0.491 e. The Morgan fingerprint density at radius 2 is 2.02 bits per heavy atom. The number of aryl methyl sites for hydroxylation is 4. The lowest BCUT2D eigenvalue weighted by Crippen LogP contribution is -2.37. The average Bonchev–Trinajstić information content (AvgIpc) is 3.32. The Bertz CT molecular complexity index is 1470. The fourth-order valence-electron chi connectivity index (χ4n) is 5.53. The van der Waals surface area contributed by atoms with E-state index in [4.69, 9.17) is 9.72 Å². The van der Waals surface area contributed by atoms with Gasteiger partial charge in [-0.1, -0.05) is 24.3 Å². The van der Waals surface area contributed by atoms with Crippen LogP contribution in [0.4, 0.5) is 11.5 Å². The van der Waals surface area contributed by atoms with Gasteiger partial charge in [0.2, 0.25) is 0 Å². The van der Waals surface area contributed by atoms with Gasteiger partial charge in [-0.25, -0.2) is 9.78 Å². The van der Waals surface area contributed by atoms with E-state index in [9.17, 15) is 9.90 Å². The molecule has 1 aliphatic rings. The monoisotopic (exact) mass is 570 g/mol. The third-order valence-electron chi connectivity index (χ3n) is 7.93. The topological polar surface area (TPSA) is 105 Å². The number of aliphatic carboxylic acids is 1. The molecule has 0 spiro atoms. The number of unbranched alkanes of at least 4 members (excludes halogenated alkanes) is 1. The van der Waals surface area contributed by atoms with E-state index in [2.05, 4.69) is 32.7 Å². The van der Waals surface area contributed by atoms with Crippen LogP contribution in [0.5, 0.6) is 5.75 Å². The van der Waals surface area contributed by atoms with E-state index >= 15 is 0 Å². The molecule has 0 radical (unpaired) electrons. The van der Waals surface area contributed by atoms with Gasteiger partial charge in [-0.2, -0.15) is 0 Å². The van der Waals surface area contributed by atoms with Crippen LogP contribution in [0.15, 0.2) is 60.9 Å². The molecule has 3 N–H and O–H groups in total. The predicted molar refractivity (Wildman–Crippen MR) is 167 cm³/mol. The van der Waals surface area contributed by atoms with Gasteiger partial charge >= 0.3 is 5.97 Å². The molecule has 1 atom stereocenters. The number of carboxylic acids is 1. The Labute approximate surface area is 247 Å². The molecule has 0 unspecified atom stereocenters. The van der Waals surface area contributed by atoms with Crippen molar-refractivity contribution in [2.45, 2.75) is 51.5 Å². The summed E-state index contributed by atoms with van der Waals surface area (Å²) in [6.07, 6.45) is 9.37. The van der Waals surface area contributed by atoms with Crippen LogP contribution in [0.2, 0.25) is 0 Å². The molecular formula is C33H42N6O3. The number of aromatic nitrogens is 3. The minimum Gasteiger partial charge on any atom is -0.491 e. The highest BCUT2D eigenvalue weighted by atomic mass is 16.5. The summed E-state index contributed by atoms with van der Waals surface area (Å²) >= 11 is 0. The first-order valence-corrected chi connectivity index (χ1v) is 15.0. The lowest BCUT2D eigenvalue weighted by molar-refractivity contribution is -0.138. The van der Waals surface area contributed by atoms with Crippen LogP contribution in [0, 0.1) is 6.92 Å². The number of hydrogen-bond donors (Lipinski definition) is 3. The van der Waals surface area contributed by atoms with E-state index < -0.39 is 12.0 Å². The molecule has 3 aromatic heterocycles. The summed E-state index contributed by atoms with van der Waals surface area (Å²) < 4.78 is 7.99. The van der Waals surface area contributed by atoms with Gasteiger partial charge < -0.3 is 25.0 Å². The second kappa shape index (κ2) is 14.2. The molecule has 9 nitrogen and oxygen atoms in total. The minimum absolute atomic E-state index is 0.475. The molecule has 1 aromatic carbocycles. The Hall–Kier alpha value is -4.11. The van der Waals surface area contributed by atoms with E-state index in [0.29, 0.717) is 26.1 Å². The van der Waals surface area contributed by atoms with Gasteiger partial charge in [-0.05, 0) is 81.8 Å². The predicted octanol–water partition coefficient (Wildman–Crippen LogP) is 5.29. The summed E-state index contributed by atoms with van der Waals surface area (Å²) in [5.74, 6) is 0.937. The van der Waals surface area contributed by atoms with E-state index in [1.54, 1.807) is 6.20 Å². The van der Waals surface area contributed by atoms with Gasteiger partial charge in [0.1, 0.15) is 24.2 Å². The number of carbonyl (C=O) groups is 1. The highest BCUT2D eigenvalue weighted by Crippen LogP contribution is 2.26. The second-order valence-electron chi connectivity index (χ2n) is 11.1. The Kier molecular flexibility index (Phi) is 9.92. The Morgan fingerprint density at radius 3 is 2.86 bits per heavy atom. The molecule has 0 fully saturated rings. The first-order valence-electron chi connectivity index (χ1n) is 15.0. The molecule has 222 valence electrons. The van der Waals surface area contributed by atoms with Crippen LogP contribution in [0.3, 0.4) is 0 Å². The van der Waals surface area contributed by atoms with Crippen LogP contribution < -0.4 is 15.4 Å². The molecule has 9 heteroatoms. The Balaban J connectivity index is 1.17. The van der Waals surface area contributed by atoms with Gasteiger partial charge in [0.15, 0.2) is 0 Å². The summed E-state index contributed by atoms with van der Waals surface area (Å²) in [7, 11) is 1.98. The van der Waals surface area contributed by atoms with E-state index in [-0.39, 0.29) is 0 Å². The maximum absolute atomic E-state index is 12.3. The standard InChI is InChI=1S/C33H42N6O3/c1-24-12-15-27(22-35-24)42-21-20-39(18-6-5-9-26-14-13-25-8-7-17-34-32(25)36-26)19-16-29(33(40)41)37-30-23-38(2)31-11-4-3-10-28(30)31/h3-4,10-15,22-23,29,37H,5-9,16-21H2,1-2H3,(H,34,36)(H,40,41)/t29-/m0/s1. The molecule has 4 aromatic rings. The number of nitrogens with one attached hydrogen (secondary N) is 2. The lowest BCUT2D eigenvalue weighted by atomic mass is 10.1. The fourth-order valence-corrected chi connectivity index (χ4v) is 5.53. The summed E-state index contributed by atoms with van der Waals surface area (Å²) in [6, 6.07) is 15.6. The van der Waals surface area contributed by atoms with Gasteiger partial charge in [-0.15, -0.1) is 0 Å². The van der Waals surface area contributed by atoms with Gasteiger partial charge in [0.05, 0.1) is 11.9 Å². The van der Waals surface area contributed by atoms with Gasteiger partial charge in [0.25, 0.3) is 0 Å². The number of rotatable bonds is 15. The molecule has 0 bridgehead atoms. The third kappa shape index (κ3) is 7.79. The maximum atomic E-state index is 12.3. The van der Waals surface area contributed by atoms with Crippen molar-refractivity contribution in [3.05, 3.63) is 77.9 Å². The van der Waals surface area contributed by atoms with Gasteiger partial charge in [-0.3, -0.25) is 9.88 Å². The normalized spacial score (nSPS) is 13.5. The number of para-hydroxylation sites is 1. The molecule has 1 aliphatic heterocycles. The first kappa shape index (κ1) is 29.4. The van der Waals surface area contributed by atoms with Crippen molar-refractivity contribution >= 4 is 28.4 Å². The number of pyridine rings is 2. The summed E-state index contributed by atoms with van der Waals surface area (Å²) in [5, 5.41) is 17.8. The number of ether oxygens (including phenoxy) is 1. The molecule has 0 saturated carbocycles. The van der Waals surface area contributed by atoms with Crippen molar-refractivity contribution in [1.29, 1.82) is 0 Å². The van der Waals surface area contributed by atoms with Crippen molar-refractivity contribution in [2.24, 2.45) is 7.05 Å². The molecule has 0 aliphatic carbocycles. The van der Waals surface area contributed by atoms with Crippen molar-refractivity contribution in [2.75, 3.05) is 43.4 Å². The molecule has 0 amide bonds. The number of fused-ring (bicyclic) bond motifs is 2. The zero-order valence-corrected chi connectivity index (χ0v) is 24.7. The highest BCUT2D eigenvalue weighted by molar-refractivity contribution is 5.94. The van der Waals surface area contributed by atoms with Crippen LogP contribution >= 0.6 is 0 Å². The smallest absolute Gasteiger partial charge is 0.326 e. The molecular weight excluding hydrogens is 528 g/mol. The number of hydrogen-bond acceptors (Lipinski definition) is 7. The molecule has 42 heavy (non-hydrogen) atoms. The second-order valence-corrected chi connectivity index (χ2v) is 11.1. The van der Waals surface area contributed by atoms with E-state index in [1.807, 2.05) is 61.1 Å². The summed E-state index contributed by atoms with van der Waals surface area (Å²) in [5.41, 5.74) is 5.29. The quantitative estimate of drug-likeness (QED) is 0.166. The highest BCUT2D eigenvalue weighted by Gasteiger charge is 2.21. The van der Waals surface area contributed by atoms with Crippen LogP contribution in [-0.2, 0) is 24.7 Å². The van der Waals surface area contributed by atoms with Crippen molar-refractivity contribution in [1.82, 2.24) is 19.4 Å². The molecule has 4 heterocycles. The number of nitrogens with zero attached hydrogens (tertiary/aromatic N) is 4. The first-order chi connectivity index (χ1) is 20.5. The zero-order valence-electron chi connectivity index (χ0n) is 24.7. The van der Waals surface area contributed by atoms with Crippen LogP contribution in [0.1, 0.15) is 42.6 Å². The van der Waals surface area contributed by atoms with E-state index in [1.165, 1.54) is 5.56 Å². The minimum atomic E-state index is -0.850. The summed E-state index contributed by atoms with van der Waals surface area (Å²) in [4.78, 5) is 23.7. The molecule has 0 saturated heterocycles. The van der Waals surface area contributed by atoms with Crippen LogP contribution in [-0.4, -0.2) is 69.3 Å². The SMILES string of the molecule is Cc1ccc(OCCN(CCCCc2ccc3c(n2)NCCC3)CC[C@H](Nc2cn(C)c3ccccc23)C(=O)O)cn1. The van der Waals surface area contributed by atoms with Crippen molar-refractivity contribution in [3.63, 3.8) is 0 Å². The maximum Gasteiger partial charge on any atom is 0.326 e. The summed E-state index contributed by atoms with van der Waals surface area (Å²) in [6.45, 7) is 5.66. The zero-order chi connectivity index (χ0) is 29.3. The fraction of sp³-hybridized carbons (Fsp3) is 0.424. The average molecular weight is 571 g/mol.